The molecule has 29 heavy (non-hydrogen) atoms. The Hall–Kier alpha value is -1.96. The van der Waals surface area contributed by atoms with Gasteiger partial charge in [0.05, 0.1) is 26.2 Å². The van der Waals surface area contributed by atoms with Gasteiger partial charge in [0.25, 0.3) is 0 Å². The van der Waals surface area contributed by atoms with Gasteiger partial charge in [0.2, 0.25) is 15.9 Å². The minimum absolute atomic E-state index is 0.0410. The lowest BCUT2D eigenvalue weighted by Crippen LogP contribution is -2.33. The summed E-state index contributed by atoms with van der Waals surface area (Å²) < 4.78 is 36.3. The van der Waals surface area contributed by atoms with E-state index in [1.54, 1.807) is 18.2 Å². The van der Waals surface area contributed by atoms with Crippen molar-refractivity contribution in [3.63, 3.8) is 0 Å². The fraction of sp³-hybridized carbons (Fsp3) is 0.667. The Balaban J connectivity index is 2.67. The molecule has 0 radical (unpaired) electrons. The molecule has 1 aromatic carbocycles. The fourth-order valence-corrected chi connectivity index (χ4v) is 4.10. The van der Waals surface area contributed by atoms with Gasteiger partial charge < -0.3 is 14.8 Å². The van der Waals surface area contributed by atoms with Gasteiger partial charge in [0.15, 0.2) is 11.5 Å². The summed E-state index contributed by atoms with van der Waals surface area (Å²) in [5.74, 6) is 1.44. The minimum Gasteiger partial charge on any atom is -0.493 e. The zero-order chi connectivity index (χ0) is 21.9. The monoisotopic (exact) mass is 428 g/mol. The van der Waals surface area contributed by atoms with Gasteiger partial charge in [-0.25, -0.2) is 8.42 Å². The van der Waals surface area contributed by atoms with Gasteiger partial charge in [-0.3, -0.25) is 9.10 Å². The predicted octanol–water partition coefficient (Wildman–Crippen LogP) is 3.58. The van der Waals surface area contributed by atoms with E-state index in [2.05, 4.69) is 19.2 Å². The SMILES string of the molecule is CCCC[C@@H](CC)CNC(=O)CCCN(c1ccc(OC)c(OC)c1)S(C)(=O)=O. The van der Waals surface area contributed by atoms with Crippen LogP contribution in [0.25, 0.3) is 0 Å². The second-order valence-electron chi connectivity index (χ2n) is 7.20. The minimum atomic E-state index is -3.50. The van der Waals surface area contributed by atoms with E-state index in [1.807, 2.05) is 0 Å². The second kappa shape index (κ2) is 12.6. The van der Waals surface area contributed by atoms with E-state index in [1.165, 1.54) is 24.9 Å². The number of carbonyl (C=O) groups excluding carboxylic acids is 1. The summed E-state index contributed by atoms with van der Waals surface area (Å²) in [5.41, 5.74) is 0.483. The standard InChI is InChI=1S/C21H36N2O5S/c1-6-8-10-17(7-2)16-22-21(24)11-9-14-23(29(5,25)26)18-12-13-19(27-3)20(15-18)28-4/h12-13,15,17H,6-11,14,16H2,1-5H3,(H,22,24)/t17-/m1/s1. The highest BCUT2D eigenvalue weighted by Crippen LogP contribution is 2.32. The maximum Gasteiger partial charge on any atom is 0.232 e. The van der Waals surface area contributed by atoms with Crippen LogP contribution in [0.4, 0.5) is 5.69 Å². The Morgan fingerprint density at radius 3 is 2.38 bits per heavy atom. The molecule has 0 bridgehead atoms. The van der Waals surface area contributed by atoms with Crippen molar-refractivity contribution in [1.82, 2.24) is 5.32 Å². The Kier molecular flexibility index (Phi) is 10.9. The first kappa shape index (κ1) is 25.1. The molecule has 8 heteroatoms. The lowest BCUT2D eigenvalue weighted by molar-refractivity contribution is -0.121. The van der Waals surface area contributed by atoms with E-state index in [9.17, 15) is 13.2 Å². The number of anilines is 1. The number of carbonyl (C=O) groups is 1. The van der Waals surface area contributed by atoms with Gasteiger partial charge in [-0.1, -0.05) is 33.1 Å². The van der Waals surface area contributed by atoms with Gasteiger partial charge in [0.1, 0.15) is 0 Å². The van der Waals surface area contributed by atoms with Crippen LogP contribution < -0.4 is 19.1 Å². The number of amides is 1. The van der Waals surface area contributed by atoms with E-state index >= 15 is 0 Å². The van der Waals surface area contributed by atoms with Gasteiger partial charge in [-0.05, 0) is 30.9 Å². The molecule has 0 heterocycles. The Bertz CT molecular complexity index is 737. The number of hydrogen-bond donors (Lipinski definition) is 1. The number of nitrogens with one attached hydrogen (secondary N) is 1. The van der Waals surface area contributed by atoms with E-state index < -0.39 is 10.0 Å². The zero-order valence-electron chi connectivity index (χ0n) is 18.4. The van der Waals surface area contributed by atoms with E-state index in [0.717, 1.165) is 25.5 Å². The van der Waals surface area contributed by atoms with Crippen LogP contribution >= 0.6 is 0 Å². The van der Waals surface area contributed by atoms with Crippen molar-refractivity contribution in [3.8, 4) is 11.5 Å². The van der Waals surface area contributed by atoms with Crippen molar-refractivity contribution in [2.24, 2.45) is 5.92 Å². The predicted molar refractivity (Wildman–Crippen MR) is 117 cm³/mol. The molecule has 0 unspecified atom stereocenters. The molecule has 0 aliphatic carbocycles. The number of nitrogens with zero attached hydrogens (tertiary/aromatic N) is 1. The van der Waals surface area contributed by atoms with Crippen molar-refractivity contribution in [1.29, 1.82) is 0 Å². The van der Waals surface area contributed by atoms with Crippen LogP contribution in [-0.4, -0.2) is 47.9 Å². The fourth-order valence-electron chi connectivity index (χ4n) is 3.14. The molecule has 0 aliphatic heterocycles. The maximum atomic E-state index is 12.3. The van der Waals surface area contributed by atoms with Crippen LogP contribution in [0.2, 0.25) is 0 Å². The maximum absolute atomic E-state index is 12.3. The normalized spacial score (nSPS) is 12.3. The highest BCUT2D eigenvalue weighted by atomic mass is 32.2. The summed E-state index contributed by atoms with van der Waals surface area (Å²) in [4.78, 5) is 12.2. The molecule has 1 amide bonds. The van der Waals surface area contributed by atoms with Crippen LogP contribution in [0.1, 0.15) is 52.4 Å². The number of methoxy groups -OCH3 is 2. The summed E-state index contributed by atoms with van der Waals surface area (Å²) in [5, 5.41) is 2.98. The van der Waals surface area contributed by atoms with Crippen molar-refractivity contribution in [3.05, 3.63) is 18.2 Å². The third kappa shape index (κ3) is 8.51. The van der Waals surface area contributed by atoms with Gasteiger partial charge in [-0.2, -0.15) is 0 Å². The van der Waals surface area contributed by atoms with Crippen molar-refractivity contribution >= 4 is 21.6 Å². The number of benzene rings is 1. The number of unbranched alkanes of at least 4 members (excludes halogenated alkanes) is 1. The molecule has 0 fully saturated rings. The first-order valence-electron chi connectivity index (χ1n) is 10.2. The molecule has 166 valence electrons. The summed E-state index contributed by atoms with van der Waals surface area (Å²) in [7, 11) is -0.471. The lowest BCUT2D eigenvalue weighted by atomic mass is 9.99. The molecular weight excluding hydrogens is 392 g/mol. The molecule has 1 atom stereocenters. The topological polar surface area (TPSA) is 84.9 Å². The smallest absolute Gasteiger partial charge is 0.232 e. The number of ether oxygens (including phenoxy) is 2. The third-order valence-electron chi connectivity index (χ3n) is 4.95. The summed E-state index contributed by atoms with van der Waals surface area (Å²) in [6.07, 6.45) is 6.35. The summed E-state index contributed by atoms with van der Waals surface area (Å²) in [6, 6.07) is 4.96. The Morgan fingerprint density at radius 2 is 1.83 bits per heavy atom. The lowest BCUT2D eigenvalue weighted by Gasteiger charge is -2.23. The van der Waals surface area contributed by atoms with Crippen molar-refractivity contribution < 1.29 is 22.7 Å². The Labute approximate surface area is 175 Å². The third-order valence-corrected chi connectivity index (χ3v) is 6.15. The van der Waals surface area contributed by atoms with Gasteiger partial charge in [-0.15, -0.1) is 0 Å². The van der Waals surface area contributed by atoms with E-state index in [4.69, 9.17) is 9.47 Å². The van der Waals surface area contributed by atoms with Crippen LogP contribution in [0, 0.1) is 5.92 Å². The van der Waals surface area contributed by atoms with E-state index in [-0.39, 0.29) is 18.9 Å². The molecule has 1 aromatic rings. The number of hydrogen-bond acceptors (Lipinski definition) is 5. The zero-order valence-corrected chi connectivity index (χ0v) is 19.2. The quantitative estimate of drug-likeness (QED) is 0.489. The summed E-state index contributed by atoms with van der Waals surface area (Å²) >= 11 is 0. The van der Waals surface area contributed by atoms with Crippen LogP contribution in [0.3, 0.4) is 0 Å². The molecule has 1 rings (SSSR count). The molecule has 1 N–H and O–H groups in total. The van der Waals surface area contributed by atoms with Crippen LogP contribution in [0.5, 0.6) is 11.5 Å². The molecule has 7 nitrogen and oxygen atoms in total. The molecule has 0 saturated heterocycles. The average molecular weight is 429 g/mol. The van der Waals surface area contributed by atoms with E-state index in [0.29, 0.717) is 36.1 Å². The first-order valence-corrected chi connectivity index (χ1v) is 12.1. The molecule has 0 saturated carbocycles. The van der Waals surface area contributed by atoms with Crippen molar-refractivity contribution in [2.45, 2.75) is 52.4 Å². The molecule has 0 spiro atoms. The summed E-state index contributed by atoms with van der Waals surface area (Å²) in [6.45, 7) is 5.20. The molecule has 0 aliphatic rings. The van der Waals surface area contributed by atoms with Crippen LogP contribution in [0.15, 0.2) is 18.2 Å². The van der Waals surface area contributed by atoms with Crippen molar-refractivity contribution in [2.75, 3.05) is 37.9 Å². The highest BCUT2D eigenvalue weighted by molar-refractivity contribution is 7.92. The van der Waals surface area contributed by atoms with Gasteiger partial charge in [0, 0.05) is 25.6 Å². The van der Waals surface area contributed by atoms with Crippen LogP contribution in [-0.2, 0) is 14.8 Å². The number of rotatable bonds is 14. The second-order valence-corrected chi connectivity index (χ2v) is 9.11. The average Bonchev–Trinajstić information content (AvgIpc) is 2.69. The molecule has 0 aromatic heterocycles. The number of sulfonamides is 1. The van der Waals surface area contributed by atoms with Gasteiger partial charge >= 0.3 is 0 Å². The largest absolute Gasteiger partial charge is 0.493 e. The first-order chi connectivity index (χ1) is 13.8. The Morgan fingerprint density at radius 1 is 1.14 bits per heavy atom. The highest BCUT2D eigenvalue weighted by Gasteiger charge is 2.19. The molecular formula is C21H36N2O5S.